The van der Waals surface area contributed by atoms with Crippen molar-refractivity contribution in [1.29, 1.82) is 0 Å². The van der Waals surface area contributed by atoms with Gasteiger partial charge in [-0.2, -0.15) is 0 Å². The van der Waals surface area contributed by atoms with E-state index in [1.54, 1.807) is 48.4 Å². The Bertz CT molecular complexity index is 1050. The summed E-state index contributed by atoms with van der Waals surface area (Å²) in [7, 11) is 1.57. The molecule has 3 aromatic rings. The van der Waals surface area contributed by atoms with Crippen LogP contribution in [-0.2, 0) is 4.79 Å². The van der Waals surface area contributed by atoms with Crippen LogP contribution in [-0.4, -0.2) is 24.7 Å². The highest BCUT2D eigenvalue weighted by molar-refractivity contribution is 8.00. The predicted octanol–water partition coefficient (Wildman–Crippen LogP) is 4.87. The average Bonchev–Trinajstić information content (AvgIpc) is 3.16. The van der Waals surface area contributed by atoms with Gasteiger partial charge in [-0.05, 0) is 66.2 Å². The Morgan fingerprint density at radius 1 is 1.03 bits per heavy atom. The summed E-state index contributed by atoms with van der Waals surface area (Å²) < 4.78 is 18.4. The molecule has 30 heavy (non-hydrogen) atoms. The fourth-order valence-electron chi connectivity index (χ4n) is 3.23. The molecule has 1 heterocycles. The molecule has 5 nitrogen and oxygen atoms in total. The molecule has 1 fully saturated rings. The van der Waals surface area contributed by atoms with Crippen LogP contribution < -0.4 is 15.0 Å². The molecule has 1 atom stereocenters. The summed E-state index contributed by atoms with van der Waals surface area (Å²) in [5.74, 6) is 0.465. The first-order valence-electron chi connectivity index (χ1n) is 9.30. The monoisotopic (exact) mass is 422 g/mol. The molecular formula is C23H19FN2O3S. The zero-order valence-corrected chi connectivity index (χ0v) is 17.0. The van der Waals surface area contributed by atoms with E-state index in [-0.39, 0.29) is 23.0 Å². The number of carbonyl (C=O) groups excluding carboxylic acids is 2. The maximum atomic E-state index is 13.3. The van der Waals surface area contributed by atoms with Crippen molar-refractivity contribution in [3.05, 3.63) is 89.7 Å². The van der Waals surface area contributed by atoms with Gasteiger partial charge in [0, 0.05) is 16.9 Å². The van der Waals surface area contributed by atoms with Crippen LogP contribution in [0.15, 0.2) is 72.8 Å². The number of nitrogens with zero attached hydrogens (tertiary/aromatic N) is 1. The second kappa shape index (κ2) is 8.59. The zero-order chi connectivity index (χ0) is 21.1. The summed E-state index contributed by atoms with van der Waals surface area (Å²) in [4.78, 5) is 26.5. The van der Waals surface area contributed by atoms with Gasteiger partial charge >= 0.3 is 0 Å². The van der Waals surface area contributed by atoms with Crippen molar-refractivity contribution >= 4 is 35.0 Å². The molecule has 0 unspecified atom stereocenters. The van der Waals surface area contributed by atoms with Crippen molar-refractivity contribution < 1.29 is 18.7 Å². The lowest BCUT2D eigenvalue weighted by Crippen LogP contribution is -2.27. The van der Waals surface area contributed by atoms with Gasteiger partial charge in [-0.1, -0.05) is 12.1 Å². The first kappa shape index (κ1) is 20.0. The van der Waals surface area contributed by atoms with Crippen LogP contribution in [0, 0.1) is 5.82 Å². The van der Waals surface area contributed by atoms with E-state index in [9.17, 15) is 14.0 Å². The molecule has 2 amide bonds. The van der Waals surface area contributed by atoms with Crippen molar-refractivity contribution in [1.82, 2.24) is 0 Å². The van der Waals surface area contributed by atoms with Crippen molar-refractivity contribution in [3.63, 3.8) is 0 Å². The first-order valence-corrected chi connectivity index (χ1v) is 10.3. The van der Waals surface area contributed by atoms with Crippen molar-refractivity contribution in [2.45, 2.75) is 5.37 Å². The summed E-state index contributed by atoms with van der Waals surface area (Å²) >= 11 is 1.51. The lowest BCUT2D eigenvalue weighted by Gasteiger charge is -2.24. The molecule has 1 aliphatic heterocycles. The van der Waals surface area contributed by atoms with Gasteiger partial charge in [0.25, 0.3) is 5.91 Å². The molecule has 3 aromatic carbocycles. The molecule has 1 aliphatic rings. The standard InChI is InChI=1S/C23H19FN2O3S/c1-29-20-12-4-15(5-13-20)22(28)25-18-8-2-16(3-9-18)23-26(21(27)14-30-23)19-10-6-17(24)7-11-19/h2-13,23H,14H2,1H3,(H,25,28)/t23-/m0/s1. The summed E-state index contributed by atoms with van der Waals surface area (Å²) in [6.07, 6.45) is 0. The molecule has 4 rings (SSSR count). The largest absolute Gasteiger partial charge is 0.497 e. The van der Waals surface area contributed by atoms with E-state index >= 15 is 0 Å². The fourth-order valence-corrected chi connectivity index (χ4v) is 4.41. The van der Waals surface area contributed by atoms with Gasteiger partial charge < -0.3 is 10.1 Å². The quantitative estimate of drug-likeness (QED) is 0.638. The number of nitrogens with one attached hydrogen (secondary N) is 1. The highest BCUT2D eigenvalue weighted by Crippen LogP contribution is 2.41. The van der Waals surface area contributed by atoms with Crippen LogP contribution in [0.3, 0.4) is 0 Å². The van der Waals surface area contributed by atoms with E-state index in [2.05, 4.69) is 5.32 Å². The number of ether oxygens (including phenoxy) is 1. The third kappa shape index (κ3) is 4.16. The molecular weight excluding hydrogens is 403 g/mol. The molecule has 7 heteroatoms. The molecule has 0 aromatic heterocycles. The third-order valence-electron chi connectivity index (χ3n) is 4.78. The van der Waals surface area contributed by atoms with Gasteiger partial charge in [-0.3, -0.25) is 14.5 Å². The highest BCUT2D eigenvalue weighted by Gasteiger charge is 2.34. The summed E-state index contributed by atoms with van der Waals surface area (Å²) in [6.45, 7) is 0. The number of rotatable bonds is 5. The molecule has 152 valence electrons. The van der Waals surface area contributed by atoms with E-state index in [0.29, 0.717) is 28.4 Å². The molecule has 1 N–H and O–H groups in total. The van der Waals surface area contributed by atoms with Crippen molar-refractivity contribution in [3.8, 4) is 5.75 Å². The van der Waals surface area contributed by atoms with E-state index in [1.165, 1.54) is 23.9 Å². The Labute approximate surface area is 177 Å². The van der Waals surface area contributed by atoms with Crippen LogP contribution in [0.2, 0.25) is 0 Å². The van der Waals surface area contributed by atoms with Crippen LogP contribution in [0.1, 0.15) is 21.3 Å². The molecule has 1 saturated heterocycles. The van der Waals surface area contributed by atoms with Gasteiger partial charge in [-0.15, -0.1) is 11.8 Å². The number of amides is 2. The van der Waals surface area contributed by atoms with Gasteiger partial charge in [0.15, 0.2) is 0 Å². The van der Waals surface area contributed by atoms with E-state index in [4.69, 9.17) is 4.74 Å². The smallest absolute Gasteiger partial charge is 0.255 e. The lowest BCUT2D eigenvalue weighted by molar-refractivity contribution is -0.115. The summed E-state index contributed by atoms with van der Waals surface area (Å²) in [6, 6.07) is 20.2. The van der Waals surface area contributed by atoms with Crippen LogP contribution in [0.4, 0.5) is 15.8 Å². The van der Waals surface area contributed by atoms with Crippen molar-refractivity contribution in [2.75, 3.05) is 23.1 Å². The summed E-state index contributed by atoms with van der Waals surface area (Å²) in [5, 5.41) is 2.66. The van der Waals surface area contributed by atoms with E-state index < -0.39 is 0 Å². The molecule has 0 radical (unpaired) electrons. The number of carbonyl (C=O) groups is 2. The number of thioether (sulfide) groups is 1. The average molecular weight is 422 g/mol. The van der Waals surface area contributed by atoms with Crippen LogP contribution in [0.5, 0.6) is 5.75 Å². The number of anilines is 2. The van der Waals surface area contributed by atoms with E-state index in [1.807, 2.05) is 24.3 Å². The SMILES string of the molecule is COc1ccc(C(=O)Nc2ccc([C@@H]3SCC(=O)N3c3ccc(F)cc3)cc2)cc1. The first-order chi connectivity index (χ1) is 14.5. The minimum absolute atomic E-state index is 0.0199. The number of benzene rings is 3. The minimum Gasteiger partial charge on any atom is -0.497 e. The second-order valence-electron chi connectivity index (χ2n) is 6.71. The van der Waals surface area contributed by atoms with E-state index in [0.717, 1.165) is 5.56 Å². The zero-order valence-electron chi connectivity index (χ0n) is 16.2. The second-order valence-corrected chi connectivity index (χ2v) is 7.78. The number of methoxy groups -OCH3 is 1. The minimum atomic E-state index is -0.341. The number of hydrogen-bond donors (Lipinski definition) is 1. The van der Waals surface area contributed by atoms with Gasteiger partial charge in [-0.25, -0.2) is 4.39 Å². The maximum absolute atomic E-state index is 13.3. The Hall–Kier alpha value is -3.32. The Morgan fingerprint density at radius 2 is 1.70 bits per heavy atom. The normalized spacial score (nSPS) is 15.9. The topological polar surface area (TPSA) is 58.6 Å². The van der Waals surface area contributed by atoms with Gasteiger partial charge in [0.1, 0.15) is 16.9 Å². The van der Waals surface area contributed by atoms with Crippen LogP contribution >= 0.6 is 11.8 Å². The Morgan fingerprint density at radius 3 is 2.33 bits per heavy atom. The predicted molar refractivity (Wildman–Crippen MR) is 116 cm³/mol. The molecule has 0 aliphatic carbocycles. The number of halogens is 1. The number of hydrogen-bond acceptors (Lipinski definition) is 4. The van der Waals surface area contributed by atoms with Crippen molar-refractivity contribution in [2.24, 2.45) is 0 Å². The summed E-state index contributed by atoms with van der Waals surface area (Å²) in [5.41, 5.74) is 2.77. The molecule has 0 bridgehead atoms. The fraction of sp³-hybridized carbons (Fsp3) is 0.130. The molecule has 0 saturated carbocycles. The lowest BCUT2D eigenvalue weighted by atomic mass is 10.1. The maximum Gasteiger partial charge on any atom is 0.255 e. The van der Waals surface area contributed by atoms with Gasteiger partial charge in [0.2, 0.25) is 5.91 Å². The molecule has 0 spiro atoms. The third-order valence-corrected chi connectivity index (χ3v) is 5.99. The van der Waals surface area contributed by atoms with Crippen LogP contribution in [0.25, 0.3) is 0 Å². The highest BCUT2D eigenvalue weighted by atomic mass is 32.2. The van der Waals surface area contributed by atoms with Gasteiger partial charge in [0.05, 0.1) is 12.9 Å². The Balaban J connectivity index is 1.49. The Kier molecular flexibility index (Phi) is 5.72.